The molecule has 0 spiro atoms. The maximum Gasteiger partial charge on any atom is 0.232 e. The van der Waals surface area contributed by atoms with Gasteiger partial charge in [-0.05, 0) is 42.7 Å². The van der Waals surface area contributed by atoms with E-state index in [1.54, 1.807) is 7.11 Å². The number of rotatable bonds is 9. The number of hydrogen-bond donors (Lipinski definition) is 2. The molecule has 2 N–H and O–H groups in total. The van der Waals surface area contributed by atoms with E-state index < -0.39 is 6.10 Å². The van der Waals surface area contributed by atoms with Crippen LogP contribution in [-0.2, 0) is 16.1 Å². The lowest BCUT2D eigenvalue weighted by molar-refractivity contribution is -0.120. The van der Waals surface area contributed by atoms with Crippen molar-refractivity contribution in [3.8, 4) is 17.6 Å². The molecule has 3 rings (SSSR count). The normalized spacial score (nSPS) is 16.4. The fraction of sp³-hybridized carbons (Fsp3) is 0.400. The van der Waals surface area contributed by atoms with Crippen molar-refractivity contribution in [3.63, 3.8) is 0 Å². The largest absolute Gasteiger partial charge is 0.497 e. The Morgan fingerprint density at radius 2 is 2.03 bits per heavy atom. The van der Waals surface area contributed by atoms with Crippen LogP contribution in [0.1, 0.15) is 30.4 Å². The van der Waals surface area contributed by atoms with E-state index in [0.717, 1.165) is 36.3 Å². The summed E-state index contributed by atoms with van der Waals surface area (Å²) in [5.41, 5.74) is 1.99. The summed E-state index contributed by atoms with van der Waals surface area (Å²) in [6.07, 6.45) is 1.32. The highest BCUT2D eigenvalue weighted by Gasteiger charge is 2.25. The number of aliphatic hydroxyl groups is 1. The topological polar surface area (TPSA) is 71.0 Å². The zero-order valence-corrected chi connectivity index (χ0v) is 17.9. The summed E-state index contributed by atoms with van der Waals surface area (Å²) in [5.74, 6) is 6.45. The zero-order chi connectivity index (χ0) is 21.9. The molecule has 2 aromatic carbocycles. The number of nitrogens with zero attached hydrogens (tertiary/aromatic N) is 1. The van der Waals surface area contributed by atoms with Crippen LogP contribution in [0.5, 0.6) is 5.75 Å². The van der Waals surface area contributed by atoms with Crippen LogP contribution in [0.3, 0.4) is 0 Å². The monoisotopic (exact) mass is 422 g/mol. The van der Waals surface area contributed by atoms with Crippen molar-refractivity contribution in [2.45, 2.75) is 38.1 Å². The predicted molar refractivity (Wildman–Crippen MR) is 119 cm³/mol. The van der Waals surface area contributed by atoms with Crippen molar-refractivity contribution in [3.05, 3.63) is 65.7 Å². The third-order valence-electron chi connectivity index (χ3n) is 5.09. The molecule has 0 aliphatic carbocycles. The summed E-state index contributed by atoms with van der Waals surface area (Å²) in [6, 6.07) is 17.4. The maximum absolute atomic E-state index is 12.1. The van der Waals surface area contributed by atoms with E-state index in [0.29, 0.717) is 13.1 Å². The van der Waals surface area contributed by atoms with Crippen LogP contribution in [0.2, 0.25) is 0 Å². The van der Waals surface area contributed by atoms with Gasteiger partial charge in [-0.25, -0.2) is 0 Å². The number of hydrogen-bond acceptors (Lipinski definition) is 5. The number of amides is 1. The van der Waals surface area contributed by atoms with Gasteiger partial charge in [0.15, 0.2) is 0 Å². The molecule has 6 heteroatoms. The molecule has 0 radical (unpaired) electrons. The summed E-state index contributed by atoms with van der Waals surface area (Å²) >= 11 is 0. The van der Waals surface area contributed by atoms with E-state index in [1.165, 1.54) is 0 Å². The first-order valence-corrected chi connectivity index (χ1v) is 10.6. The Morgan fingerprint density at radius 3 is 2.71 bits per heavy atom. The summed E-state index contributed by atoms with van der Waals surface area (Å²) in [7, 11) is 1.64. The van der Waals surface area contributed by atoms with E-state index in [9.17, 15) is 9.90 Å². The highest BCUT2D eigenvalue weighted by atomic mass is 16.5. The van der Waals surface area contributed by atoms with Crippen molar-refractivity contribution < 1.29 is 19.4 Å². The molecule has 164 valence electrons. The second-order valence-corrected chi connectivity index (χ2v) is 7.55. The fourth-order valence-electron chi connectivity index (χ4n) is 3.48. The Bertz CT molecular complexity index is 868. The van der Waals surface area contributed by atoms with Gasteiger partial charge in [0.05, 0.1) is 19.6 Å². The highest BCUT2D eigenvalue weighted by Crippen LogP contribution is 2.20. The Labute approximate surface area is 184 Å². The lowest BCUT2D eigenvalue weighted by atomic mass is 10.1. The Morgan fingerprint density at radius 1 is 1.26 bits per heavy atom. The van der Waals surface area contributed by atoms with Crippen LogP contribution in [0.15, 0.2) is 54.6 Å². The molecule has 2 aromatic rings. The molecule has 1 amide bonds. The Balaban J connectivity index is 1.48. The van der Waals surface area contributed by atoms with Crippen LogP contribution in [0, 0.1) is 11.8 Å². The van der Waals surface area contributed by atoms with E-state index in [2.05, 4.69) is 22.1 Å². The standard InChI is InChI=1S/C25H30N2O4/c1-30-23-14-12-21(13-15-23)18-27(25-11-6-16-31-25)19-22(28)17-26-24(29)10-5-9-20-7-3-2-4-8-20/h2-4,7-8,12-15,22,25,28H,6,10-11,16-19H2,1H3,(H,26,29). The highest BCUT2D eigenvalue weighted by molar-refractivity contribution is 5.78. The van der Waals surface area contributed by atoms with Crippen LogP contribution in [0.4, 0.5) is 0 Å². The molecule has 1 aliphatic heterocycles. The average molecular weight is 423 g/mol. The van der Waals surface area contributed by atoms with Gasteiger partial charge in [0.2, 0.25) is 5.91 Å². The quantitative estimate of drug-likeness (QED) is 0.608. The number of carbonyl (C=O) groups excluding carboxylic acids is 1. The van der Waals surface area contributed by atoms with Crippen molar-refractivity contribution in [2.75, 3.05) is 26.8 Å². The molecule has 2 atom stereocenters. The molecule has 1 fully saturated rings. The minimum absolute atomic E-state index is 0.0239. The summed E-state index contributed by atoms with van der Waals surface area (Å²) in [5, 5.41) is 13.3. The lowest BCUT2D eigenvalue weighted by Gasteiger charge is -2.30. The van der Waals surface area contributed by atoms with Gasteiger partial charge in [0.25, 0.3) is 0 Å². The number of ether oxygens (including phenoxy) is 2. The van der Waals surface area contributed by atoms with Crippen molar-refractivity contribution in [1.29, 1.82) is 0 Å². The van der Waals surface area contributed by atoms with Gasteiger partial charge >= 0.3 is 0 Å². The van der Waals surface area contributed by atoms with Crippen molar-refractivity contribution in [2.24, 2.45) is 0 Å². The molecule has 2 unspecified atom stereocenters. The number of aliphatic hydroxyl groups excluding tert-OH is 1. The van der Waals surface area contributed by atoms with Gasteiger partial charge in [-0.2, -0.15) is 0 Å². The molecular formula is C25H30N2O4. The van der Waals surface area contributed by atoms with Gasteiger partial charge in [0, 0.05) is 31.8 Å². The third-order valence-corrected chi connectivity index (χ3v) is 5.09. The van der Waals surface area contributed by atoms with Gasteiger partial charge < -0.3 is 19.9 Å². The molecule has 6 nitrogen and oxygen atoms in total. The van der Waals surface area contributed by atoms with Crippen LogP contribution < -0.4 is 10.1 Å². The van der Waals surface area contributed by atoms with Gasteiger partial charge in [-0.1, -0.05) is 42.2 Å². The Hall–Kier alpha value is -2.85. The second-order valence-electron chi connectivity index (χ2n) is 7.55. The van der Waals surface area contributed by atoms with Gasteiger partial charge in [0.1, 0.15) is 12.0 Å². The molecule has 1 saturated heterocycles. The number of nitrogens with one attached hydrogen (secondary N) is 1. The third kappa shape index (κ3) is 7.72. The zero-order valence-electron chi connectivity index (χ0n) is 17.9. The van der Waals surface area contributed by atoms with Gasteiger partial charge in [-0.15, -0.1) is 0 Å². The second kappa shape index (κ2) is 12.1. The first-order chi connectivity index (χ1) is 15.1. The predicted octanol–water partition coefficient (Wildman–Crippen LogP) is 2.55. The minimum atomic E-state index is -0.700. The molecule has 1 aliphatic rings. The SMILES string of the molecule is COc1ccc(CN(CC(O)CNC(=O)CC#Cc2ccccc2)C2CCCO2)cc1. The number of carbonyl (C=O) groups is 1. The number of methoxy groups -OCH3 is 1. The molecule has 0 bridgehead atoms. The van der Waals surface area contributed by atoms with E-state index in [4.69, 9.17) is 9.47 Å². The van der Waals surface area contributed by atoms with Gasteiger partial charge in [-0.3, -0.25) is 9.69 Å². The summed E-state index contributed by atoms with van der Waals surface area (Å²) in [6.45, 7) is 1.98. The average Bonchev–Trinajstić information content (AvgIpc) is 3.33. The van der Waals surface area contributed by atoms with E-state index in [-0.39, 0.29) is 25.1 Å². The van der Waals surface area contributed by atoms with Crippen LogP contribution in [-0.4, -0.2) is 55.1 Å². The smallest absolute Gasteiger partial charge is 0.232 e. The van der Waals surface area contributed by atoms with Crippen LogP contribution >= 0.6 is 0 Å². The summed E-state index contributed by atoms with van der Waals surface area (Å²) in [4.78, 5) is 14.2. The Kier molecular flexibility index (Phi) is 8.92. The molecule has 0 aromatic heterocycles. The van der Waals surface area contributed by atoms with E-state index >= 15 is 0 Å². The fourth-order valence-corrected chi connectivity index (χ4v) is 3.48. The minimum Gasteiger partial charge on any atom is -0.497 e. The van der Waals surface area contributed by atoms with Crippen molar-refractivity contribution in [1.82, 2.24) is 10.2 Å². The lowest BCUT2D eigenvalue weighted by Crippen LogP contribution is -2.44. The molecule has 1 heterocycles. The first kappa shape index (κ1) is 22.8. The molecule has 0 saturated carbocycles. The van der Waals surface area contributed by atoms with Crippen LogP contribution in [0.25, 0.3) is 0 Å². The maximum atomic E-state index is 12.1. The van der Waals surface area contributed by atoms with E-state index in [1.807, 2.05) is 54.6 Å². The molecular weight excluding hydrogens is 392 g/mol. The number of benzene rings is 2. The summed E-state index contributed by atoms with van der Waals surface area (Å²) < 4.78 is 11.1. The first-order valence-electron chi connectivity index (χ1n) is 10.6. The molecule has 31 heavy (non-hydrogen) atoms. The van der Waals surface area contributed by atoms with Crippen molar-refractivity contribution >= 4 is 5.91 Å².